The first-order chi connectivity index (χ1) is 17.8. The number of fused-ring (bicyclic) bond motifs is 1. The van der Waals surface area contributed by atoms with E-state index in [9.17, 15) is 9.66 Å². The number of hydrogen-bond acceptors (Lipinski definition) is 8. The van der Waals surface area contributed by atoms with E-state index in [0.29, 0.717) is 29.2 Å². The van der Waals surface area contributed by atoms with Crippen LogP contribution in [0.5, 0.6) is 5.88 Å². The highest BCUT2D eigenvalue weighted by Crippen LogP contribution is 2.47. The number of benzene rings is 1. The normalized spacial score (nSPS) is 27.6. The van der Waals surface area contributed by atoms with Crippen molar-refractivity contribution in [1.29, 1.82) is 0 Å². The second kappa shape index (κ2) is 10.8. The van der Waals surface area contributed by atoms with Crippen molar-refractivity contribution in [2.75, 3.05) is 11.1 Å². The molecule has 5 rings (SSSR count). The van der Waals surface area contributed by atoms with Gasteiger partial charge in [-0.25, -0.2) is 19.9 Å². The summed E-state index contributed by atoms with van der Waals surface area (Å²) in [6.07, 6.45) is 7.86. The Kier molecular flexibility index (Phi) is 7.46. The number of aryl methyl sites for hydroxylation is 1. The van der Waals surface area contributed by atoms with Crippen LogP contribution in [0.1, 0.15) is 45.1 Å². The van der Waals surface area contributed by atoms with Crippen LogP contribution in [-0.4, -0.2) is 48.1 Å². The molecule has 3 N–H and O–H groups in total. The number of ether oxygens (including phenoxy) is 1. The van der Waals surface area contributed by atoms with Crippen LogP contribution in [0.15, 0.2) is 53.3 Å². The summed E-state index contributed by atoms with van der Waals surface area (Å²) in [7, 11) is -1.90. The van der Waals surface area contributed by atoms with Crippen molar-refractivity contribution in [2.24, 2.45) is 16.8 Å². The topological polar surface area (TPSA) is 113 Å². The largest absolute Gasteiger partial charge is 0.470 e. The van der Waals surface area contributed by atoms with Gasteiger partial charge < -0.3 is 19.7 Å². The van der Waals surface area contributed by atoms with Crippen LogP contribution in [0.2, 0.25) is 0 Å². The predicted molar refractivity (Wildman–Crippen MR) is 151 cm³/mol. The standard InChI is InChI=1S/C28H35N5O3S/c1-18(2)20-8-9-25(24(34)14-20)36-28-22(7-6-10-29-28)33-27-26-19(3)13-21(15-23(26)30-16-31-27)32-17-37(35)11-4-5-12-37/h4,6-7,10-11,13,15-18,20,24-25,34-35H,5,8-9,12,14H2,1-3H3,(H,30,31,33). The monoisotopic (exact) mass is 521 g/mol. The summed E-state index contributed by atoms with van der Waals surface area (Å²) in [6, 6.07) is 7.61. The minimum Gasteiger partial charge on any atom is -0.470 e. The molecule has 0 spiro atoms. The van der Waals surface area contributed by atoms with E-state index < -0.39 is 16.4 Å². The second-order valence-electron chi connectivity index (χ2n) is 10.3. The summed E-state index contributed by atoms with van der Waals surface area (Å²) in [5.41, 5.74) is 4.82. The van der Waals surface area contributed by atoms with E-state index in [0.717, 1.165) is 53.6 Å². The fourth-order valence-electron chi connectivity index (χ4n) is 5.09. The van der Waals surface area contributed by atoms with Crippen LogP contribution in [0.25, 0.3) is 10.9 Å². The fourth-order valence-corrected chi connectivity index (χ4v) is 6.69. The molecule has 1 aliphatic heterocycles. The van der Waals surface area contributed by atoms with Gasteiger partial charge in [0.1, 0.15) is 23.9 Å². The number of allylic oxidation sites excluding steroid dienone is 1. The summed E-state index contributed by atoms with van der Waals surface area (Å²) >= 11 is 0. The van der Waals surface area contributed by atoms with Crippen molar-refractivity contribution in [3.05, 3.63) is 53.8 Å². The molecule has 2 aliphatic rings. The Bertz CT molecular complexity index is 1330. The molecule has 4 atom stereocenters. The number of nitrogens with one attached hydrogen (secondary N) is 1. The third kappa shape index (κ3) is 5.79. The highest BCUT2D eigenvalue weighted by atomic mass is 32.3. The highest BCUT2D eigenvalue weighted by Gasteiger charge is 2.32. The molecule has 37 heavy (non-hydrogen) atoms. The molecule has 3 aromatic rings. The average molecular weight is 522 g/mol. The van der Waals surface area contributed by atoms with Crippen LogP contribution in [0.3, 0.4) is 0 Å². The van der Waals surface area contributed by atoms with Gasteiger partial charge >= 0.3 is 0 Å². The summed E-state index contributed by atoms with van der Waals surface area (Å²) in [5.74, 6) is 2.88. The number of aliphatic hydroxyl groups is 1. The Balaban J connectivity index is 1.38. The SMILES string of the molecule is Cc1cc(N=CS2(O)C=CCC2)cc2ncnc(Nc3cccnc3OC3CCC(C(C)C)CC3O)c12. The van der Waals surface area contributed by atoms with Gasteiger partial charge in [0.15, 0.2) is 0 Å². The summed E-state index contributed by atoms with van der Waals surface area (Å²) in [4.78, 5) is 18.0. The molecular formula is C28H35N5O3S. The van der Waals surface area contributed by atoms with Gasteiger partial charge in [-0.15, -0.1) is 0 Å². The molecule has 0 amide bonds. The second-order valence-corrected chi connectivity index (χ2v) is 12.8. The molecule has 1 aliphatic carbocycles. The average Bonchev–Trinajstić information content (AvgIpc) is 3.31. The quantitative estimate of drug-likeness (QED) is 0.240. The molecule has 8 nitrogen and oxygen atoms in total. The molecule has 2 aromatic heterocycles. The van der Waals surface area contributed by atoms with Gasteiger partial charge in [0.25, 0.3) is 0 Å². The number of nitrogens with zero attached hydrogens (tertiary/aromatic N) is 4. The first-order valence-electron chi connectivity index (χ1n) is 12.9. The minimum atomic E-state index is -1.90. The van der Waals surface area contributed by atoms with Gasteiger partial charge in [-0.2, -0.15) is 0 Å². The van der Waals surface area contributed by atoms with Crippen molar-refractivity contribution in [3.63, 3.8) is 0 Å². The molecule has 9 heteroatoms. The van der Waals surface area contributed by atoms with E-state index >= 15 is 0 Å². The van der Waals surface area contributed by atoms with Gasteiger partial charge in [0.2, 0.25) is 5.88 Å². The number of aliphatic imine (C=N–C) groups is 1. The number of hydrogen-bond donors (Lipinski definition) is 3. The molecule has 0 bridgehead atoms. The van der Waals surface area contributed by atoms with Crippen LogP contribution in [0, 0.1) is 18.8 Å². The lowest BCUT2D eigenvalue weighted by atomic mass is 9.79. The lowest BCUT2D eigenvalue weighted by Gasteiger charge is -2.35. The van der Waals surface area contributed by atoms with E-state index in [2.05, 4.69) is 39.1 Å². The lowest BCUT2D eigenvalue weighted by Crippen LogP contribution is -2.39. The number of anilines is 2. The van der Waals surface area contributed by atoms with Crippen LogP contribution in [0.4, 0.5) is 17.2 Å². The number of aliphatic hydroxyl groups excluding tert-OH is 1. The fraction of sp³-hybridized carbons (Fsp3) is 0.429. The van der Waals surface area contributed by atoms with E-state index in [-0.39, 0.29) is 6.10 Å². The summed E-state index contributed by atoms with van der Waals surface area (Å²) in [6.45, 7) is 6.41. The summed E-state index contributed by atoms with van der Waals surface area (Å²) < 4.78 is 16.9. The van der Waals surface area contributed by atoms with Crippen LogP contribution < -0.4 is 10.1 Å². The van der Waals surface area contributed by atoms with Crippen molar-refractivity contribution in [3.8, 4) is 5.88 Å². The minimum absolute atomic E-state index is 0.290. The molecule has 4 unspecified atom stereocenters. The van der Waals surface area contributed by atoms with Gasteiger partial charge in [-0.3, -0.25) is 0 Å². The first-order valence-corrected chi connectivity index (χ1v) is 14.8. The maximum absolute atomic E-state index is 10.7. The summed E-state index contributed by atoms with van der Waals surface area (Å²) in [5, 5.41) is 16.9. The van der Waals surface area contributed by atoms with E-state index in [1.165, 1.54) is 6.33 Å². The molecule has 3 heterocycles. The smallest absolute Gasteiger partial charge is 0.238 e. The van der Waals surface area contributed by atoms with E-state index in [1.807, 2.05) is 42.7 Å². The molecular weight excluding hydrogens is 486 g/mol. The number of pyridine rings is 1. The van der Waals surface area contributed by atoms with Crippen molar-refractivity contribution < 1.29 is 14.4 Å². The Morgan fingerprint density at radius 1 is 1.22 bits per heavy atom. The third-order valence-electron chi connectivity index (χ3n) is 7.27. The number of rotatable bonds is 7. The molecule has 1 fully saturated rings. The van der Waals surface area contributed by atoms with Gasteiger partial charge in [-0.05, 0) is 79.7 Å². The third-order valence-corrected chi connectivity index (χ3v) is 9.30. The highest BCUT2D eigenvalue weighted by molar-refractivity contribution is 8.42. The van der Waals surface area contributed by atoms with Crippen molar-refractivity contribution in [1.82, 2.24) is 15.0 Å². The molecule has 1 saturated carbocycles. The zero-order valence-corrected chi connectivity index (χ0v) is 22.4. The van der Waals surface area contributed by atoms with Crippen LogP contribution in [-0.2, 0) is 0 Å². The van der Waals surface area contributed by atoms with Gasteiger partial charge in [-0.1, -0.05) is 30.2 Å². The maximum Gasteiger partial charge on any atom is 0.238 e. The zero-order chi connectivity index (χ0) is 26.0. The van der Waals surface area contributed by atoms with E-state index in [1.54, 1.807) is 11.7 Å². The van der Waals surface area contributed by atoms with Crippen molar-refractivity contribution >= 4 is 44.0 Å². The van der Waals surface area contributed by atoms with E-state index in [4.69, 9.17) is 4.74 Å². The molecule has 1 aromatic carbocycles. The zero-order valence-electron chi connectivity index (χ0n) is 21.5. The maximum atomic E-state index is 10.7. The number of aromatic nitrogens is 3. The molecule has 0 radical (unpaired) electrons. The predicted octanol–water partition coefficient (Wildman–Crippen LogP) is 6.50. The Morgan fingerprint density at radius 3 is 2.84 bits per heavy atom. The molecule has 0 saturated heterocycles. The van der Waals surface area contributed by atoms with Crippen LogP contribution >= 0.6 is 10.3 Å². The lowest BCUT2D eigenvalue weighted by molar-refractivity contribution is -0.0199. The first kappa shape index (κ1) is 25.6. The van der Waals surface area contributed by atoms with Crippen molar-refractivity contribution in [2.45, 2.75) is 58.7 Å². The Hall–Kier alpha value is -3.01. The Labute approximate surface area is 219 Å². The molecule has 196 valence electrons. The Morgan fingerprint density at radius 2 is 2.08 bits per heavy atom. The van der Waals surface area contributed by atoms with Gasteiger partial charge in [0, 0.05) is 17.3 Å². The van der Waals surface area contributed by atoms with Gasteiger partial charge in [0.05, 0.1) is 22.9 Å².